The molecule has 0 aromatic heterocycles. The minimum atomic E-state index is -4.78. The molecule has 2 N–H and O–H groups in total. The Balaban J connectivity index is 4.95. The molecule has 3 atom stereocenters. The van der Waals surface area contributed by atoms with Gasteiger partial charge >= 0.3 is 25.7 Å². The molecule has 0 heterocycles. The van der Waals surface area contributed by atoms with Crippen LogP contribution in [0.15, 0.2) is 122 Å². The maximum atomic E-state index is 12.8. The average molecular weight is 969 g/mol. The summed E-state index contributed by atoms with van der Waals surface area (Å²) in [5, 5.41) is 9.75. The first-order valence-electron chi connectivity index (χ1n) is 25.4. The molecule has 0 spiro atoms. The molecule has 0 aliphatic rings. The van der Waals surface area contributed by atoms with E-state index in [0.29, 0.717) is 25.7 Å². The van der Waals surface area contributed by atoms with Gasteiger partial charge in [-0.3, -0.25) is 23.4 Å². The molecule has 0 saturated carbocycles. The smallest absolute Gasteiger partial charge is 0.462 e. The van der Waals surface area contributed by atoms with Crippen LogP contribution in [0.5, 0.6) is 0 Å². The summed E-state index contributed by atoms with van der Waals surface area (Å²) in [5.41, 5.74) is 0. The van der Waals surface area contributed by atoms with E-state index in [1.165, 1.54) is 12.8 Å². The third-order valence-corrected chi connectivity index (χ3v) is 10.8. The van der Waals surface area contributed by atoms with E-state index in [2.05, 4.69) is 118 Å². The first-order chi connectivity index (χ1) is 33.2. The third-order valence-electron chi connectivity index (χ3n) is 9.86. The minimum Gasteiger partial charge on any atom is -0.462 e. The van der Waals surface area contributed by atoms with E-state index >= 15 is 0 Å². The largest absolute Gasteiger partial charge is 0.472 e. The molecule has 0 rings (SSSR count). The quantitative estimate of drug-likeness (QED) is 0.0197. The normalized spacial score (nSPS) is 14.5. The summed E-state index contributed by atoms with van der Waals surface area (Å²) >= 11 is 0. The van der Waals surface area contributed by atoms with Crippen molar-refractivity contribution in [3.05, 3.63) is 122 Å². The van der Waals surface area contributed by atoms with Crippen molar-refractivity contribution >= 4 is 25.7 Å². The Bertz CT molecular complexity index is 1600. The molecule has 0 aliphatic carbocycles. The van der Waals surface area contributed by atoms with Gasteiger partial charge in [0.15, 0.2) is 6.10 Å². The molecule has 384 valence electrons. The van der Waals surface area contributed by atoms with Gasteiger partial charge in [0.25, 0.3) is 0 Å². The second-order valence-corrected chi connectivity index (χ2v) is 17.7. The van der Waals surface area contributed by atoms with Crippen LogP contribution < -0.4 is 0 Å². The first kappa shape index (κ1) is 63.9. The molecule has 12 heteroatoms. The number of unbranched alkanes of at least 4 members (excludes halogenated alkanes) is 8. The summed E-state index contributed by atoms with van der Waals surface area (Å²) in [6, 6.07) is 0. The zero-order valence-corrected chi connectivity index (χ0v) is 42.9. The summed E-state index contributed by atoms with van der Waals surface area (Å²) in [4.78, 5) is 48.2. The van der Waals surface area contributed by atoms with E-state index in [1.54, 1.807) is 0 Å². The Hall–Kier alpha value is -4.12. The van der Waals surface area contributed by atoms with E-state index in [4.69, 9.17) is 23.3 Å². The van der Waals surface area contributed by atoms with Crippen LogP contribution in [0.4, 0.5) is 0 Å². The molecule has 3 unspecified atom stereocenters. The predicted octanol–water partition coefficient (Wildman–Crippen LogP) is 14.5. The zero-order valence-electron chi connectivity index (χ0n) is 42.0. The van der Waals surface area contributed by atoms with Crippen LogP contribution in [0.1, 0.15) is 175 Å². The van der Waals surface area contributed by atoms with Crippen molar-refractivity contribution in [1.82, 2.24) is 0 Å². The highest BCUT2D eigenvalue weighted by molar-refractivity contribution is 7.47. The molecule has 0 radical (unpaired) electrons. The molecule has 0 bridgehead atoms. The lowest BCUT2D eigenvalue weighted by Crippen LogP contribution is -2.30. The fourth-order valence-corrected chi connectivity index (χ4v) is 6.81. The molecule has 0 aromatic rings. The topological polar surface area (TPSA) is 155 Å². The fraction of sp³-hybridized carbons (Fsp3) is 0.589. The van der Waals surface area contributed by atoms with Crippen LogP contribution in [0.3, 0.4) is 0 Å². The monoisotopic (exact) mass is 969 g/mol. The lowest BCUT2D eigenvalue weighted by atomic mass is 10.1. The predicted molar refractivity (Wildman–Crippen MR) is 279 cm³/mol. The average Bonchev–Trinajstić information content (AvgIpc) is 3.32. The van der Waals surface area contributed by atoms with E-state index in [0.717, 1.165) is 96.3 Å². The molecule has 0 saturated heterocycles. The maximum Gasteiger partial charge on any atom is 0.472 e. The van der Waals surface area contributed by atoms with Gasteiger partial charge in [0.05, 0.1) is 19.8 Å². The number of hydrogen-bond donors (Lipinski definition) is 2. The Morgan fingerprint density at radius 3 is 1.31 bits per heavy atom. The molecular formula is C56H89O11P. The minimum absolute atomic E-state index is 0.0677. The lowest BCUT2D eigenvalue weighted by Gasteiger charge is -2.21. The second kappa shape index (κ2) is 49.3. The van der Waals surface area contributed by atoms with Gasteiger partial charge in [-0.15, -0.1) is 0 Å². The van der Waals surface area contributed by atoms with Crippen molar-refractivity contribution in [2.45, 2.75) is 187 Å². The zero-order chi connectivity index (χ0) is 49.9. The van der Waals surface area contributed by atoms with Crippen LogP contribution in [-0.4, -0.2) is 66.5 Å². The number of hydrogen-bond acceptors (Lipinski definition) is 10. The molecule has 68 heavy (non-hydrogen) atoms. The van der Waals surface area contributed by atoms with Crippen LogP contribution in [0.2, 0.25) is 0 Å². The van der Waals surface area contributed by atoms with E-state index in [1.807, 2.05) is 24.3 Å². The number of phosphoric ester groups is 1. The van der Waals surface area contributed by atoms with Crippen molar-refractivity contribution in [2.24, 2.45) is 0 Å². The molecule has 0 fully saturated rings. The molecule has 0 aliphatic heterocycles. The van der Waals surface area contributed by atoms with Crippen molar-refractivity contribution in [3.63, 3.8) is 0 Å². The first-order valence-corrected chi connectivity index (χ1v) is 26.9. The van der Waals surface area contributed by atoms with Gasteiger partial charge in [0.1, 0.15) is 12.7 Å². The molecular weight excluding hydrogens is 880 g/mol. The van der Waals surface area contributed by atoms with Crippen LogP contribution in [0, 0.1) is 0 Å². The standard InChI is InChI=1S/C56H89O11P/c1-4-7-10-13-16-19-22-24-25-26-27-29-32-35-38-41-44-47-56(60)67-53(49-63-54(58)45-42-39-36-33-31-28-23-20-17-14-11-8-5-2)51-65-68(61,62)64-50-52(48-57)66-55(59)46-43-40-37-34-30-21-18-15-12-9-6-3/h7-8,10-11,15-20,24-25,27-29,31,35-36,38-39,52-53,57H,4-6,9,12-14,21-23,26,30,32-34,37,40-51H2,1-3H3,(H,61,62)/b10-7-,11-8-,18-15-,19-16-,20-17-,25-24-,29-27-,31-28-,38-35-,39-36-. The van der Waals surface area contributed by atoms with Crippen LogP contribution >= 0.6 is 7.82 Å². The number of carbonyl (C=O) groups is 3. The van der Waals surface area contributed by atoms with Gasteiger partial charge in [-0.05, 0) is 103 Å². The van der Waals surface area contributed by atoms with Gasteiger partial charge in [-0.2, -0.15) is 0 Å². The summed E-state index contributed by atoms with van der Waals surface area (Å²) < 4.78 is 39.1. The number of carbonyl (C=O) groups excluding carboxylic acids is 3. The number of aliphatic hydroxyl groups excluding tert-OH is 1. The second-order valence-electron chi connectivity index (χ2n) is 16.2. The highest BCUT2D eigenvalue weighted by Gasteiger charge is 2.28. The Morgan fingerprint density at radius 1 is 0.426 bits per heavy atom. The van der Waals surface area contributed by atoms with Crippen LogP contribution in [0.25, 0.3) is 0 Å². The van der Waals surface area contributed by atoms with Crippen molar-refractivity contribution in [2.75, 3.05) is 26.4 Å². The number of phosphoric acid groups is 1. The highest BCUT2D eigenvalue weighted by Crippen LogP contribution is 2.43. The van der Waals surface area contributed by atoms with Crippen molar-refractivity contribution in [3.8, 4) is 0 Å². The van der Waals surface area contributed by atoms with Gasteiger partial charge in [-0.25, -0.2) is 4.57 Å². The summed E-state index contributed by atoms with van der Waals surface area (Å²) in [7, 11) is -4.78. The number of ether oxygens (including phenoxy) is 3. The molecule has 0 amide bonds. The summed E-state index contributed by atoms with van der Waals surface area (Å²) in [5.74, 6) is -1.66. The number of esters is 3. The highest BCUT2D eigenvalue weighted by atomic mass is 31.2. The van der Waals surface area contributed by atoms with E-state index < -0.39 is 64.4 Å². The molecule has 11 nitrogen and oxygen atoms in total. The molecule has 0 aromatic carbocycles. The summed E-state index contributed by atoms with van der Waals surface area (Å²) in [6.45, 7) is 4.17. The van der Waals surface area contributed by atoms with E-state index in [-0.39, 0.29) is 19.3 Å². The summed E-state index contributed by atoms with van der Waals surface area (Å²) in [6.07, 6.45) is 59.1. The number of aliphatic hydroxyl groups is 1. The van der Waals surface area contributed by atoms with Gasteiger partial charge in [-0.1, -0.05) is 174 Å². The third kappa shape index (κ3) is 47.0. The maximum absolute atomic E-state index is 12.8. The Labute approximate surface area is 411 Å². The number of allylic oxidation sites excluding steroid dienone is 20. The van der Waals surface area contributed by atoms with Crippen molar-refractivity contribution in [1.29, 1.82) is 0 Å². The van der Waals surface area contributed by atoms with Gasteiger partial charge in [0.2, 0.25) is 0 Å². The van der Waals surface area contributed by atoms with Crippen molar-refractivity contribution < 1.29 is 52.2 Å². The number of rotatable bonds is 45. The fourth-order valence-electron chi connectivity index (χ4n) is 6.03. The van der Waals surface area contributed by atoms with E-state index in [9.17, 15) is 28.9 Å². The van der Waals surface area contributed by atoms with Gasteiger partial charge in [0, 0.05) is 19.3 Å². The van der Waals surface area contributed by atoms with Gasteiger partial charge < -0.3 is 24.2 Å². The lowest BCUT2D eigenvalue weighted by molar-refractivity contribution is -0.161. The Kier molecular flexibility index (Phi) is 46.3. The van der Waals surface area contributed by atoms with Crippen LogP contribution in [-0.2, 0) is 42.2 Å². The SMILES string of the molecule is CC/C=C\C/C=C\C/C=C\C/C=C\C/C=C\CCCC(=O)OC(COC(=O)CC/C=C\C/C=C\C/C=C\C/C=C\CC)COP(=O)(O)OCC(CO)OC(=O)CCCCCCC/C=C\CCCC. The Morgan fingerprint density at radius 2 is 0.809 bits per heavy atom.